The van der Waals surface area contributed by atoms with E-state index in [-0.39, 0.29) is 10.6 Å². The van der Waals surface area contributed by atoms with Crippen molar-refractivity contribution in [2.75, 3.05) is 0 Å². The molecule has 1 aromatic heterocycles. The zero-order valence-corrected chi connectivity index (χ0v) is 9.66. The van der Waals surface area contributed by atoms with E-state index in [0.29, 0.717) is 16.9 Å². The van der Waals surface area contributed by atoms with E-state index < -0.39 is 17.5 Å². The van der Waals surface area contributed by atoms with Crippen LogP contribution >= 0.6 is 11.3 Å². The Labute approximate surface area is 104 Å². The van der Waals surface area contributed by atoms with E-state index in [1.54, 1.807) is 30.3 Å². The number of benzene rings is 1. The van der Waals surface area contributed by atoms with E-state index >= 15 is 0 Å². The van der Waals surface area contributed by atoms with E-state index in [9.17, 15) is 13.2 Å². The predicted molar refractivity (Wildman–Crippen MR) is 59.7 cm³/mol. The lowest BCUT2D eigenvalue weighted by molar-refractivity contribution is -0.138. The average molecular weight is 275 g/mol. The monoisotopic (exact) mass is 275 g/mol. The maximum atomic E-state index is 12.5. The van der Waals surface area contributed by atoms with Gasteiger partial charge in [-0.1, -0.05) is 30.3 Å². The Morgan fingerprint density at radius 1 is 1.11 bits per heavy atom. The minimum atomic E-state index is -4.60. The lowest BCUT2D eigenvalue weighted by Crippen LogP contribution is -2.05. The Morgan fingerprint density at radius 3 is 2.22 bits per heavy atom. The van der Waals surface area contributed by atoms with Crippen molar-refractivity contribution in [3.8, 4) is 10.4 Å². The van der Waals surface area contributed by atoms with Gasteiger partial charge in [0.15, 0.2) is 11.3 Å². The van der Waals surface area contributed by atoms with Crippen LogP contribution in [0.3, 0.4) is 0 Å². The second kappa shape index (κ2) is 4.68. The Hall–Kier alpha value is -1.44. The highest BCUT2D eigenvalue weighted by Gasteiger charge is 2.37. The molecule has 0 bridgehead atoms. The van der Waals surface area contributed by atoms with Crippen LogP contribution in [0.25, 0.3) is 10.4 Å². The summed E-state index contributed by atoms with van der Waals surface area (Å²) in [6, 6.07) is 8.18. The molecule has 96 valence electrons. The van der Waals surface area contributed by atoms with Gasteiger partial charge in [-0.2, -0.15) is 13.2 Å². The zero-order chi connectivity index (χ0) is 13.3. The summed E-state index contributed by atoms with van der Waals surface area (Å²) in [7, 11) is 0. The third kappa shape index (κ3) is 2.53. The second-order valence-corrected chi connectivity index (χ2v) is 4.47. The number of aliphatic hydroxyl groups excluding tert-OH is 1. The lowest BCUT2D eigenvalue weighted by atomic mass is 10.1. The largest absolute Gasteiger partial charge is 0.443 e. The molecule has 0 atom stereocenters. The molecule has 1 heterocycles. The number of thiazole rings is 1. The number of halogens is 3. The van der Waals surface area contributed by atoms with Crippen LogP contribution < -0.4 is 0 Å². The quantitative estimate of drug-likeness (QED) is 0.829. The molecule has 0 aliphatic rings. The van der Waals surface area contributed by atoms with E-state index in [1.165, 1.54) is 0 Å². The highest BCUT2D eigenvalue weighted by atomic mass is 32.1. The summed E-state index contributed by atoms with van der Waals surface area (Å²) in [6.07, 6.45) is -6.63. The molecule has 3 nitrogen and oxygen atoms in total. The van der Waals surface area contributed by atoms with Crippen molar-refractivity contribution in [2.45, 2.75) is 12.5 Å². The average Bonchev–Trinajstić information content (AvgIpc) is 2.74. The van der Waals surface area contributed by atoms with Crippen LogP contribution in [0.1, 0.15) is 17.0 Å². The smallest absolute Gasteiger partial charge is 0.363 e. The van der Waals surface area contributed by atoms with Gasteiger partial charge in [-0.05, 0) is 5.56 Å². The normalized spacial score (nSPS) is 12.1. The Bertz CT molecular complexity index is 537. The maximum Gasteiger partial charge on any atom is 0.443 e. The fourth-order valence-electron chi connectivity index (χ4n) is 1.42. The lowest BCUT2D eigenvalue weighted by Gasteiger charge is -2.03. The van der Waals surface area contributed by atoms with Gasteiger partial charge in [0.05, 0.1) is 4.88 Å². The number of aromatic nitrogens is 1. The minimum Gasteiger partial charge on any atom is -0.363 e. The molecule has 0 fully saturated rings. The van der Waals surface area contributed by atoms with E-state index in [1.807, 2.05) is 0 Å². The standard InChI is InChI=1S/C11H8F3NO2S/c12-11(13,14)10-15-7(9(16)17)8(18-10)6-4-2-1-3-5-6/h1-5,9,16-17H. The third-order valence-corrected chi connectivity index (χ3v) is 3.34. The number of alkyl halides is 3. The van der Waals surface area contributed by atoms with Gasteiger partial charge in [-0.15, -0.1) is 11.3 Å². The van der Waals surface area contributed by atoms with Gasteiger partial charge in [0.25, 0.3) is 0 Å². The van der Waals surface area contributed by atoms with Crippen LogP contribution in [-0.2, 0) is 6.18 Å². The van der Waals surface area contributed by atoms with Crippen LogP contribution in [0.2, 0.25) is 0 Å². The first-order valence-electron chi connectivity index (χ1n) is 4.89. The first-order valence-corrected chi connectivity index (χ1v) is 5.70. The van der Waals surface area contributed by atoms with Gasteiger partial charge >= 0.3 is 6.18 Å². The summed E-state index contributed by atoms with van der Waals surface area (Å²) in [4.78, 5) is 3.36. The molecule has 0 aliphatic carbocycles. The van der Waals surface area contributed by atoms with Crippen molar-refractivity contribution < 1.29 is 23.4 Å². The molecule has 2 rings (SSSR count). The van der Waals surface area contributed by atoms with Crippen LogP contribution in [0.4, 0.5) is 13.2 Å². The molecule has 2 N–H and O–H groups in total. The number of aliphatic hydroxyl groups is 2. The minimum absolute atomic E-state index is 0.109. The maximum absolute atomic E-state index is 12.5. The summed E-state index contributed by atoms with van der Waals surface area (Å²) in [5, 5.41) is 17.1. The van der Waals surface area contributed by atoms with Gasteiger partial charge in [-0.3, -0.25) is 0 Å². The molecule has 2 aromatic rings. The number of hydrogen-bond donors (Lipinski definition) is 2. The van der Waals surface area contributed by atoms with Crippen molar-refractivity contribution in [1.29, 1.82) is 0 Å². The van der Waals surface area contributed by atoms with Crippen molar-refractivity contribution in [3.05, 3.63) is 41.0 Å². The topological polar surface area (TPSA) is 53.4 Å². The summed E-state index contributed by atoms with van der Waals surface area (Å²) < 4.78 is 37.6. The highest BCUT2D eigenvalue weighted by molar-refractivity contribution is 7.15. The van der Waals surface area contributed by atoms with Gasteiger partial charge < -0.3 is 10.2 Å². The van der Waals surface area contributed by atoms with Crippen molar-refractivity contribution in [3.63, 3.8) is 0 Å². The summed E-state index contributed by atoms with van der Waals surface area (Å²) in [5.74, 6) is 0. The third-order valence-electron chi connectivity index (χ3n) is 2.18. The van der Waals surface area contributed by atoms with Gasteiger partial charge in [0, 0.05) is 0 Å². The van der Waals surface area contributed by atoms with Crippen LogP contribution in [-0.4, -0.2) is 15.2 Å². The molecular weight excluding hydrogens is 267 g/mol. The van der Waals surface area contributed by atoms with Crippen LogP contribution in [0, 0.1) is 0 Å². The Morgan fingerprint density at radius 2 is 1.72 bits per heavy atom. The first-order chi connectivity index (χ1) is 8.39. The first kappa shape index (κ1) is 13.0. The SMILES string of the molecule is OC(O)c1nc(C(F)(F)F)sc1-c1ccccc1. The van der Waals surface area contributed by atoms with Gasteiger partial charge in [-0.25, -0.2) is 4.98 Å². The van der Waals surface area contributed by atoms with E-state index in [0.717, 1.165) is 0 Å². The van der Waals surface area contributed by atoms with Crippen molar-refractivity contribution in [1.82, 2.24) is 4.98 Å². The molecule has 0 aliphatic heterocycles. The van der Waals surface area contributed by atoms with E-state index in [4.69, 9.17) is 10.2 Å². The molecule has 0 spiro atoms. The number of rotatable bonds is 2. The predicted octanol–water partition coefficient (Wildman–Crippen LogP) is 2.81. The number of nitrogens with zero attached hydrogens (tertiary/aromatic N) is 1. The fourth-order valence-corrected chi connectivity index (χ4v) is 2.39. The molecule has 0 saturated heterocycles. The van der Waals surface area contributed by atoms with Gasteiger partial charge in [0.2, 0.25) is 0 Å². The molecule has 0 unspecified atom stereocenters. The molecule has 0 saturated carbocycles. The zero-order valence-electron chi connectivity index (χ0n) is 8.85. The fraction of sp³-hybridized carbons (Fsp3) is 0.182. The molecule has 7 heteroatoms. The van der Waals surface area contributed by atoms with Crippen molar-refractivity contribution in [2.24, 2.45) is 0 Å². The summed E-state index contributed by atoms with van der Waals surface area (Å²) in [5.41, 5.74) is 0.0899. The molecule has 0 radical (unpaired) electrons. The van der Waals surface area contributed by atoms with Gasteiger partial charge in [0.1, 0.15) is 5.69 Å². The van der Waals surface area contributed by atoms with Crippen LogP contribution in [0.15, 0.2) is 30.3 Å². The molecular formula is C11H8F3NO2S. The highest BCUT2D eigenvalue weighted by Crippen LogP contribution is 2.40. The van der Waals surface area contributed by atoms with Crippen LogP contribution in [0.5, 0.6) is 0 Å². The summed E-state index contributed by atoms with van der Waals surface area (Å²) >= 11 is 0.392. The summed E-state index contributed by atoms with van der Waals surface area (Å²) in [6.45, 7) is 0. The Balaban J connectivity index is 2.56. The molecule has 1 aromatic carbocycles. The second-order valence-electron chi connectivity index (χ2n) is 3.47. The number of hydrogen-bond acceptors (Lipinski definition) is 4. The Kier molecular flexibility index (Phi) is 3.38. The van der Waals surface area contributed by atoms with E-state index in [2.05, 4.69) is 4.98 Å². The molecule has 0 amide bonds. The van der Waals surface area contributed by atoms with Crippen molar-refractivity contribution >= 4 is 11.3 Å². The molecule has 18 heavy (non-hydrogen) atoms.